The van der Waals surface area contributed by atoms with E-state index in [1.165, 1.54) is 0 Å². The molecule has 42 valence electrons. The number of hydrogen-bond acceptors (Lipinski definition) is 2. The molecule has 6 heteroatoms. The lowest BCUT2D eigenvalue weighted by Crippen LogP contribution is -1.63. The van der Waals surface area contributed by atoms with Crippen LogP contribution in [0.3, 0.4) is 0 Å². The molecule has 0 aliphatic rings. The molecular formula is H4Cl3NOS. The fourth-order valence-corrected chi connectivity index (χ4v) is 0. The second kappa shape index (κ2) is 9.46. The van der Waals surface area contributed by atoms with Gasteiger partial charge in [-0.3, -0.25) is 0 Å². The van der Waals surface area contributed by atoms with Crippen molar-refractivity contribution in [2.24, 2.45) is 0 Å². The van der Waals surface area contributed by atoms with E-state index in [1.807, 2.05) is 0 Å². The van der Waals surface area contributed by atoms with Gasteiger partial charge >= 0.3 is 0 Å². The van der Waals surface area contributed by atoms with Gasteiger partial charge in [-0.2, -0.15) is 0 Å². The molecule has 0 saturated carbocycles. The Morgan fingerprint density at radius 1 is 1.33 bits per heavy atom. The number of halogens is 3. The van der Waals surface area contributed by atoms with Crippen LogP contribution in [0, 0.1) is 0 Å². The lowest BCUT2D eigenvalue weighted by molar-refractivity contribution is 0.620. The molecule has 0 atom stereocenters. The van der Waals surface area contributed by atoms with Crippen molar-refractivity contribution in [3.63, 3.8) is 0 Å². The van der Waals surface area contributed by atoms with Crippen molar-refractivity contribution in [2.45, 2.75) is 0 Å². The standard InChI is InChI=1S/Cl2OS.ClH.H3N/c1-4(2)3;;/h;1H;1H3. The molecule has 3 N–H and O–H groups in total. The van der Waals surface area contributed by atoms with Gasteiger partial charge in [-0.1, -0.05) is 0 Å². The summed E-state index contributed by atoms with van der Waals surface area (Å²) < 4.78 is 9.09. The van der Waals surface area contributed by atoms with Crippen LogP contribution in [0.5, 0.6) is 0 Å². The maximum atomic E-state index is 9.09. The van der Waals surface area contributed by atoms with E-state index in [1.54, 1.807) is 0 Å². The van der Waals surface area contributed by atoms with Crippen LogP contribution in [-0.4, -0.2) is 4.55 Å². The normalized spacial score (nSPS) is 6.00. The zero-order chi connectivity index (χ0) is 3.58. The topological polar surface area (TPSA) is 58.1 Å². The highest BCUT2D eigenvalue weighted by Gasteiger charge is 1.83. The molecule has 0 aromatic rings. The minimum absolute atomic E-state index is 0. The average Bonchev–Trinajstić information content (AvgIpc) is 0.811. The van der Waals surface area contributed by atoms with Gasteiger partial charge in [0.15, 0.2) is 31.0 Å². The Kier molecular flexibility index (Phi) is 24.8. The monoisotopic (exact) mass is 171 g/mol. The van der Waals surface area contributed by atoms with Crippen molar-refractivity contribution in [3.8, 4) is 0 Å². The summed E-state index contributed by atoms with van der Waals surface area (Å²) in [5.41, 5.74) is 0. The van der Waals surface area contributed by atoms with Gasteiger partial charge in [-0.25, -0.2) is 0 Å². The molecule has 0 rings (SSSR count). The molecule has 0 heterocycles. The highest BCUT2D eigenvalue weighted by atomic mass is 36.0. The van der Waals surface area contributed by atoms with Gasteiger partial charge in [-0.05, 0) is 0 Å². The molecule has 2 nitrogen and oxygen atoms in total. The highest BCUT2D eigenvalue weighted by molar-refractivity contribution is 8.31. The third-order valence-electron chi connectivity index (χ3n) is 0. The quantitative estimate of drug-likeness (QED) is 0.565. The second-order valence-electron chi connectivity index (χ2n) is 0.184. The average molecular weight is 172 g/mol. The summed E-state index contributed by atoms with van der Waals surface area (Å²) in [7, 11) is 7.36. The SMILES string of the molecule is Cl.N.[O-][S+](Cl)Cl. The van der Waals surface area contributed by atoms with Gasteiger partial charge in [0.1, 0.15) is 0 Å². The van der Waals surface area contributed by atoms with E-state index in [9.17, 15) is 0 Å². The molecule has 0 spiro atoms. The second-order valence-corrected chi connectivity index (χ2v) is 2.71. The van der Waals surface area contributed by atoms with Gasteiger partial charge in [0.05, 0.1) is 0 Å². The molecule has 0 fully saturated rings. The minimum Gasteiger partial charge on any atom is -0.582 e. The molecule has 0 radical (unpaired) electrons. The molecule has 0 amide bonds. The largest absolute Gasteiger partial charge is 0.582 e. The fourth-order valence-electron chi connectivity index (χ4n) is 0. The zero-order valence-corrected chi connectivity index (χ0v) is 5.83. The highest BCUT2D eigenvalue weighted by Crippen LogP contribution is 1.98. The van der Waals surface area contributed by atoms with Gasteiger partial charge < -0.3 is 10.7 Å². The summed E-state index contributed by atoms with van der Waals surface area (Å²) in [6.07, 6.45) is 0. The van der Waals surface area contributed by atoms with Gasteiger partial charge in [0.2, 0.25) is 0 Å². The molecule has 0 aromatic carbocycles. The first-order valence-electron chi connectivity index (χ1n) is 0.475. The summed E-state index contributed by atoms with van der Waals surface area (Å²) in [4.78, 5) is 0. The van der Waals surface area contributed by atoms with Crippen LogP contribution in [0.1, 0.15) is 0 Å². The van der Waals surface area contributed by atoms with Crippen LogP contribution >= 0.6 is 33.8 Å². The van der Waals surface area contributed by atoms with E-state index < -0.39 is 9.60 Å². The van der Waals surface area contributed by atoms with Crippen LogP contribution in [0.4, 0.5) is 0 Å². The number of hydrogen-bond donors (Lipinski definition) is 1. The van der Waals surface area contributed by atoms with E-state index >= 15 is 0 Å². The first-order chi connectivity index (χ1) is 1.73. The Balaban J connectivity index is -0.0000000450. The van der Waals surface area contributed by atoms with Crippen LogP contribution in [-0.2, 0) is 9.60 Å². The summed E-state index contributed by atoms with van der Waals surface area (Å²) in [6.45, 7) is 0. The molecular weight excluding hydrogens is 168 g/mol. The minimum atomic E-state index is -1.67. The van der Waals surface area contributed by atoms with E-state index in [4.69, 9.17) is 4.55 Å². The third kappa shape index (κ3) is 67.8. The zero-order valence-electron chi connectivity index (χ0n) is 2.69. The lowest BCUT2D eigenvalue weighted by Gasteiger charge is -1.73. The first kappa shape index (κ1) is 15.7. The van der Waals surface area contributed by atoms with E-state index in [0.29, 0.717) is 0 Å². The van der Waals surface area contributed by atoms with Crippen molar-refractivity contribution < 1.29 is 4.55 Å². The predicted octanol–water partition coefficient (Wildman–Crippen LogP) is 1.63. The summed E-state index contributed by atoms with van der Waals surface area (Å²) in [5, 5.41) is 0. The Morgan fingerprint density at radius 3 is 1.33 bits per heavy atom. The predicted molar refractivity (Wildman–Crippen MR) is 32.1 cm³/mol. The molecule has 0 aromatic heterocycles. The van der Waals surface area contributed by atoms with Crippen molar-refractivity contribution >= 4 is 43.4 Å². The van der Waals surface area contributed by atoms with E-state index in [0.717, 1.165) is 0 Å². The van der Waals surface area contributed by atoms with Crippen molar-refractivity contribution in [2.75, 3.05) is 0 Å². The number of rotatable bonds is 0. The Hall–Kier alpha value is 1.14. The molecule has 0 unspecified atom stereocenters. The van der Waals surface area contributed by atoms with Crippen molar-refractivity contribution in [1.29, 1.82) is 0 Å². The van der Waals surface area contributed by atoms with Crippen LogP contribution in [0.15, 0.2) is 0 Å². The Labute approximate surface area is 54.4 Å². The van der Waals surface area contributed by atoms with Gasteiger partial charge in [0.25, 0.3) is 0 Å². The smallest absolute Gasteiger partial charge is 0.198 e. The Bertz CT molecular complexity index is 15.5. The van der Waals surface area contributed by atoms with Gasteiger partial charge in [-0.15, -0.1) is 12.4 Å². The third-order valence-corrected chi connectivity index (χ3v) is 0. The summed E-state index contributed by atoms with van der Waals surface area (Å²) in [5.74, 6) is 0. The van der Waals surface area contributed by atoms with Crippen LogP contribution < -0.4 is 6.15 Å². The summed E-state index contributed by atoms with van der Waals surface area (Å²) >= 11 is 0. The molecule has 0 bridgehead atoms. The van der Waals surface area contributed by atoms with Crippen LogP contribution in [0.2, 0.25) is 0 Å². The molecule has 6 heavy (non-hydrogen) atoms. The fraction of sp³-hybridized carbons (Fsp3) is 0. The molecule has 0 saturated heterocycles. The van der Waals surface area contributed by atoms with Crippen molar-refractivity contribution in [3.05, 3.63) is 0 Å². The molecule has 0 aliphatic heterocycles. The lowest BCUT2D eigenvalue weighted by atomic mass is 14.0. The summed E-state index contributed by atoms with van der Waals surface area (Å²) in [6, 6.07) is 0. The van der Waals surface area contributed by atoms with E-state index in [2.05, 4.69) is 21.4 Å². The molecule has 0 aliphatic carbocycles. The Morgan fingerprint density at radius 2 is 1.33 bits per heavy atom. The first-order valence-corrected chi connectivity index (χ1v) is 3.28. The van der Waals surface area contributed by atoms with Crippen LogP contribution in [0.25, 0.3) is 0 Å². The van der Waals surface area contributed by atoms with Crippen molar-refractivity contribution in [1.82, 2.24) is 6.15 Å². The maximum absolute atomic E-state index is 9.09. The maximum Gasteiger partial charge on any atom is 0.198 e. The van der Waals surface area contributed by atoms with E-state index in [-0.39, 0.29) is 18.6 Å². The van der Waals surface area contributed by atoms with Gasteiger partial charge in [0, 0.05) is 0 Å².